The van der Waals surface area contributed by atoms with Crippen molar-refractivity contribution in [3.8, 4) is 0 Å². The molecule has 0 amide bonds. The van der Waals surface area contributed by atoms with Crippen LogP contribution < -0.4 is 0 Å². The molecular formula is C35H37ClNNaO3S. The van der Waals surface area contributed by atoms with Gasteiger partial charge in [-0.15, -0.1) is 0 Å². The molecule has 1 fully saturated rings. The van der Waals surface area contributed by atoms with Gasteiger partial charge < -0.3 is 10.2 Å². The predicted octanol–water partition coefficient (Wildman–Crippen LogP) is 8.17. The van der Waals surface area contributed by atoms with Crippen molar-refractivity contribution in [2.75, 3.05) is 12.4 Å². The summed E-state index contributed by atoms with van der Waals surface area (Å²) in [6.07, 6.45) is 8.17. The number of aromatic nitrogens is 1. The molecule has 3 aromatic carbocycles. The Morgan fingerprint density at radius 1 is 1.05 bits per heavy atom. The molecule has 2 unspecified atom stereocenters. The first-order valence-corrected chi connectivity index (χ1v) is 15.6. The van der Waals surface area contributed by atoms with E-state index in [1.54, 1.807) is 0 Å². The SMILES string of the molecule is CC(CO)c1ccccc1CCC(SCC1(CC(=O)O)CC1)c1cccc(C=Cc2ccc3ccc(Cl)cc3n2)c1.[NaH]. The second-order valence-corrected chi connectivity index (χ2v) is 12.9. The van der Waals surface area contributed by atoms with E-state index in [9.17, 15) is 15.0 Å². The van der Waals surface area contributed by atoms with E-state index in [-0.39, 0.29) is 59.2 Å². The average Bonchev–Trinajstić information content (AvgIpc) is 3.74. The number of halogens is 1. The van der Waals surface area contributed by atoms with Crippen LogP contribution in [-0.2, 0) is 11.2 Å². The molecule has 214 valence electrons. The van der Waals surface area contributed by atoms with Crippen molar-refractivity contribution in [1.29, 1.82) is 0 Å². The molecular weight excluding hydrogens is 573 g/mol. The monoisotopic (exact) mass is 609 g/mol. The summed E-state index contributed by atoms with van der Waals surface area (Å²) in [6.45, 7) is 2.18. The molecule has 5 rings (SSSR count). The number of aryl methyl sites for hydroxylation is 1. The summed E-state index contributed by atoms with van der Waals surface area (Å²) in [5.74, 6) is 0.238. The van der Waals surface area contributed by atoms with Crippen molar-refractivity contribution in [2.45, 2.75) is 50.2 Å². The molecule has 0 bridgehead atoms. The normalized spacial score (nSPS) is 15.3. The Kier molecular flexibility index (Phi) is 11.8. The van der Waals surface area contributed by atoms with Crippen LogP contribution >= 0.6 is 23.4 Å². The first kappa shape index (κ1) is 32.8. The summed E-state index contributed by atoms with van der Waals surface area (Å²) in [7, 11) is 0. The van der Waals surface area contributed by atoms with Crippen molar-refractivity contribution in [1.82, 2.24) is 4.98 Å². The summed E-state index contributed by atoms with van der Waals surface area (Å²) < 4.78 is 0. The maximum absolute atomic E-state index is 11.5. The topological polar surface area (TPSA) is 70.4 Å². The Balaban J connectivity index is 0.00000405. The molecule has 1 heterocycles. The van der Waals surface area contributed by atoms with Crippen molar-refractivity contribution < 1.29 is 15.0 Å². The second kappa shape index (κ2) is 15.1. The average molecular weight is 610 g/mol. The summed E-state index contributed by atoms with van der Waals surface area (Å²) in [4.78, 5) is 16.2. The zero-order valence-electron chi connectivity index (χ0n) is 23.3. The molecule has 4 nitrogen and oxygen atoms in total. The number of hydrogen-bond acceptors (Lipinski definition) is 4. The Labute approximate surface area is 279 Å². The van der Waals surface area contributed by atoms with Gasteiger partial charge in [-0.25, -0.2) is 4.98 Å². The minimum absolute atomic E-state index is 0. The predicted molar refractivity (Wildman–Crippen MR) is 179 cm³/mol. The summed E-state index contributed by atoms with van der Waals surface area (Å²) in [5.41, 5.74) is 6.48. The van der Waals surface area contributed by atoms with E-state index in [1.165, 1.54) is 16.7 Å². The molecule has 4 aromatic rings. The van der Waals surface area contributed by atoms with E-state index >= 15 is 0 Å². The van der Waals surface area contributed by atoms with Crippen LogP contribution in [0.3, 0.4) is 0 Å². The fourth-order valence-electron chi connectivity index (χ4n) is 5.36. The summed E-state index contributed by atoms with van der Waals surface area (Å²) in [5, 5.41) is 21.2. The van der Waals surface area contributed by atoms with Crippen LogP contribution in [0.1, 0.15) is 71.7 Å². The van der Waals surface area contributed by atoms with Gasteiger partial charge in [-0.1, -0.05) is 85.3 Å². The third kappa shape index (κ3) is 8.72. The third-order valence-corrected chi connectivity index (χ3v) is 9.94. The van der Waals surface area contributed by atoms with Gasteiger partial charge in [0.05, 0.1) is 17.6 Å². The van der Waals surface area contributed by atoms with Crippen LogP contribution in [0.2, 0.25) is 5.02 Å². The van der Waals surface area contributed by atoms with E-state index in [0.29, 0.717) is 5.02 Å². The minimum atomic E-state index is -0.705. The molecule has 1 aliphatic rings. The van der Waals surface area contributed by atoms with Gasteiger partial charge in [0.15, 0.2) is 0 Å². The number of carboxylic acid groups (broad SMARTS) is 1. The van der Waals surface area contributed by atoms with E-state index in [0.717, 1.165) is 53.6 Å². The van der Waals surface area contributed by atoms with Crippen LogP contribution in [0.4, 0.5) is 0 Å². The molecule has 42 heavy (non-hydrogen) atoms. The molecule has 0 radical (unpaired) electrons. The zero-order chi connectivity index (χ0) is 28.8. The number of benzene rings is 3. The first-order valence-electron chi connectivity index (χ1n) is 14.2. The molecule has 0 aliphatic heterocycles. The Morgan fingerprint density at radius 2 is 1.83 bits per heavy atom. The zero-order valence-corrected chi connectivity index (χ0v) is 24.9. The number of carbonyl (C=O) groups is 1. The van der Waals surface area contributed by atoms with Gasteiger partial charge in [0, 0.05) is 33.9 Å². The van der Waals surface area contributed by atoms with Crippen LogP contribution in [0, 0.1) is 5.41 Å². The Hall–Kier alpha value is -2.12. The van der Waals surface area contributed by atoms with E-state index in [2.05, 4.69) is 61.5 Å². The van der Waals surface area contributed by atoms with Gasteiger partial charge in [0.1, 0.15) is 0 Å². The molecule has 7 heteroatoms. The number of rotatable bonds is 13. The standard InChI is InChI=1S/C35H36ClNO3S.Na.H/c1-24(22-38)31-8-3-2-6-26(31)12-16-33(41-23-35(17-18-35)21-34(39)40)28-7-4-5-25(19-28)9-14-30-15-11-27-10-13-29(36)20-32(27)37-30;;/h2-11,13-15,19-20,24,33,38H,12,16-18,21-23H2,1H3,(H,39,40);;. The van der Waals surface area contributed by atoms with Gasteiger partial charge in [-0.3, -0.25) is 4.79 Å². The van der Waals surface area contributed by atoms with E-state index < -0.39 is 5.97 Å². The van der Waals surface area contributed by atoms with Crippen molar-refractivity contribution in [2.24, 2.45) is 5.41 Å². The van der Waals surface area contributed by atoms with E-state index in [4.69, 9.17) is 16.6 Å². The van der Waals surface area contributed by atoms with Crippen LogP contribution in [-0.4, -0.2) is 63.1 Å². The van der Waals surface area contributed by atoms with Crippen molar-refractivity contribution >= 4 is 81.9 Å². The van der Waals surface area contributed by atoms with Crippen molar-refractivity contribution in [3.05, 3.63) is 112 Å². The van der Waals surface area contributed by atoms with Crippen molar-refractivity contribution in [3.63, 3.8) is 0 Å². The molecule has 1 saturated carbocycles. The molecule has 0 saturated heterocycles. The quantitative estimate of drug-likeness (QED) is 0.150. The van der Waals surface area contributed by atoms with Gasteiger partial charge >= 0.3 is 35.5 Å². The number of thioether (sulfide) groups is 1. The van der Waals surface area contributed by atoms with Crippen LogP contribution in [0.5, 0.6) is 0 Å². The number of pyridine rings is 1. The second-order valence-electron chi connectivity index (χ2n) is 11.3. The number of hydrogen-bond donors (Lipinski definition) is 2. The first-order chi connectivity index (χ1) is 19.8. The number of carboxylic acids is 1. The molecule has 2 atom stereocenters. The van der Waals surface area contributed by atoms with Gasteiger partial charge in [0.2, 0.25) is 0 Å². The number of nitrogens with zero attached hydrogens (tertiary/aromatic N) is 1. The number of fused-ring (bicyclic) bond motifs is 1. The third-order valence-electron chi connectivity index (χ3n) is 8.01. The van der Waals surface area contributed by atoms with Gasteiger partial charge in [-0.2, -0.15) is 11.8 Å². The van der Waals surface area contributed by atoms with E-state index in [1.807, 2.05) is 48.2 Å². The number of aliphatic hydroxyl groups is 1. The van der Waals surface area contributed by atoms with Crippen LogP contribution in [0.25, 0.3) is 23.1 Å². The Bertz CT molecular complexity index is 1550. The number of aliphatic carboxylic acids is 1. The molecule has 1 aromatic heterocycles. The fourth-order valence-corrected chi connectivity index (χ4v) is 7.10. The fraction of sp³-hybridized carbons (Fsp3) is 0.314. The van der Waals surface area contributed by atoms with Gasteiger partial charge in [-0.05, 0) is 77.6 Å². The summed E-state index contributed by atoms with van der Waals surface area (Å²) in [6, 6.07) is 26.8. The Morgan fingerprint density at radius 3 is 2.60 bits per heavy atom. The molecule has 2 N–H and O–H groups in total. The molecule has 0 spiro atoms. The number of aliphatic hydroxyl groups excluding tert-OH is 1. The maximum atomic E-state index is 11.5. The van der Waals surface area contributed by atoms with Gasteiger partial charge in [0.25, 0.3) is 0 Å². The molecule has 1 aliphatic carbocycles. The summed E-state index contributed by atoms with van der Waals surface area (Å²) >= 11 is 8.06. The van der Waals surface area contributed by atoms with Crippen LogP contribution in [0.15, 0.2) is 78.9 Å².